The molecule has 6 atom stereocenters. The van der Waals surface area contributed by atoms with Gasteiger partial charge in [-0.2, -0.15) is 0 Å². The van der Waals surface area contributed by atoms with Gasteiger partial charge >= 0.3 is 0 Å². The van der Waals surface area contributed by atoms with Gasteiger partial charge in [0.15, 0.2) is 12.6 Å². The summed E-state index contributed by atoms with van der Waals surface area (Å²) in [6, 6.07) is 0. The van der Waals surface area contributed by atoms with E-state index in [4.69, 9.17) is 24.1 Å². The van der Waals surface area contributed by atoms with E-state index < -0.39 is 30.9 Å². The fourth-order valence-corrected chi connectivity index (χ4v) is 2.27. The van der Waals surface area contributed by atoms with E-state index in [1.54, 1.807) is 0 Å². The molecule has 7 nitrogen and oxygen atoms in total. The topological polar surface area (TPSA) is 97.6 Å². The second-order valence-electron chi connectivity index (χ2n) is 4.52. The van der Waals surface area contributed by atoms with Crippen LogP contribution in [0.25, 0.3) is 0 Å². The Kier molecular flexibility index (Phi) is 4.91. The lowest BCUT2D eigenvalue weighted by Crippen LogP contribution is -2.32. The monoisotopic (exact) mass is 264 g/mol. The number of rotatable bonds is 5. The molecule has 2 rings (SSSR count). The molecule has 2 aliphatic heterocycles. The second-order valence-corrected chi connectivity index (χ2v) is 4.52. The number of methoxy groups -OCH3 is 1. The lowest BCUT2D eigenvalue weighted by Gasteiger charge is -2.20. The second kappa shape index (κ2) is 6.25. The average molecular weight is 264 g/mol. The quantitative estimate of drug-likeness (QED) is 0.561. The first-order chi connectivity index (χ1) is 8.67. The first-order valence-corrected chi connectivity index (χ1v) is 6.06. The van der Waals surface area contributed by atoms with Gasteiger partial charge in [-0.25, -0.2) is 0 Å². The van der Waals surface area contributed by atoms with Crippen molar-refractivity contribution >= 4 is 0 Å². The molecule has 0 aromatic carbocycles. The highest BCUT2D eigenvalue weighted by molar-refractivity contribution is 4.83. The summed E-state index contributed by atoms with van der Waals surface area (Å²) in [4.78, 5) is 0. The Morgan fingerprint density at radius 3 is 2.28 bits per heavy atom. The fourth-order valence-electron chi connectivity index (χ4n) is 2.27. The van der Waals surface area contributed by atoms with Crippen LogP contribution in [-0.2, 0) is 18.9 Å². The Bertz CT molecular complexity index is 262. The van der Waals surface area contributed by atoms with Gasteiger partial charge in [0, 0.05) is 20.0 Å². The van der Waals surface area contributed by atoms with Crippen molar-refractivity contribution in [3.63, 3.8) is 0 Å². The summed E-state index contributed by atoms with van der Waals surface area (Å²) in [6.45, 7) is -0.407. The van der Waals surface area contributed by atoms with Gasteiger partial charge in [-0.15, -0.1) is 0 Å². The molecule has 0 spiro atoms. The molecule has 0 bridgehead atoms. The minimum atomic E-state index is -0.729. The molecule has 2 aliphatic rings. The van der Waals surface area contributed by atoms with Crippen LogP contribution in [-0.4, -0.2) is 72.6 Å². The third kappa shape index (κ3) is 3.00. The lowest BCUT2D eigenvalue weighted by molar-refractivity contribution is -0.184. The van der Waals surface area contributed by atoms with Crippen LogP contribution in [0.1, 0.15) is 12.8 Å². The van der Waals surface area contributed by atoms with E-state index in [-0.39, 0.29) is 19.3 Å². The Balaban J connectivity index is 1.86. The summed E-state index contributed by atoms with van der Waals surface area (Å²) in [5.74, 6) is 0. The molecule has 3 N–H and O–H groups in total. The summed E-state index contributed by atoms with van der Waals surface area (Å²) < 4.78 is 21.5. The van der Waals surface area contributed by atoms with Crippen LogP contribution in [0, 0.1) is 0 Å². The van der Waals surface area contributed by atoms with Crippen molar-refractivity contribution in [2.75, 3.05) is 20.3 Å². The van der Waals surface area contributed by atoms with Crippen LogP contribution < -0.4 is 0 Å². The predicted octanol–water partition coefficient (Wildman–Crippen LogP) is -1.41. The lowest BCUT2D eigenvalue weighted by atomic mass is 10.2. The molecule has 2 saturated heterocycles. The summed E-state index contributed by atoms with van der Waals surface area (Å²) in [5, 5.41) is 27.7. The Labute approximate surface area is 105 Å². The maximum absolute atomic E-state index is 9.58. The zero-order valence-corrected chi connectivity index (χ0v) is 10.3. The molecule has 2 unspecified atom stereocenters. The maximum atomic E-state index is 9.58. The minimum Gasteiger partial charge on any atom is -0.394 e. The van der Waals surface area contributed by atoms with Gasteiger partial charge in [0.25, 0.3) is 0 Å². The fraction of sp³-hybridized carbons (Fsp3) is 1.00. The molecule has 0 aliphatic carbocycles. The van der Waals surface area contributed by atoms with Crippen LogP contribution >= 0.6 is 0 Å². The third-order valence-corrected chi connectivity index (χ3v) is 3.31. The summed E-state index contributed by atoms with van der Waals surface area (Å²) in [7, 11) is 1.53. The van der Waals surface area contributed by atoms with E-state index in [2.05, 4.69) is 0 Å². The van der Waals surface area contributed by atoms with Crippen molar-refractivity contribution in [1.29, 1.82) is 0 Å². The van der Waals surface area contributed by atoms with Crippen LogP contribution in [0.15, 0.2) is 0 Å². The van der Waals surface area contributed by atoms with Gasteiger partial charge in [0.05, 0.1) is 25.4 Å². The SMILES string of the molecule is COC1C[C@H](OC2C[C@H](O)[C@@H](CO)O2)[C@@H](CO)O1. The van der Waals surface area contributed by atoms with Crippen LogP contribution in [0.5, 0.6) is 0 Å². The molecular formula is C11H20O7. The summed E-state index contributed by atoms with van der Waals surface area (Å²) in [6.07, 6.45) is -2.31. The average Bonchev–Trinajstić information content (AvgIpc) is 2.92. The molecule has 18 heavy (non-hydrogen) atoms. The van der Waals surface area contributed by atoms with Crippen molar-refractivity contribution in [3.05, 3.63) is 0 Å². The van der Waals surface area contributed by atoms with Crippen LogP contribution in [0.3, 0.4) is 0 Å². The van der Waals surface area contributed by atoms with E-state index in [1.165, 1.54) is 7.11 Å². The van der Waals surface area contributed by atoms with Crippen molar-refractivity contribution in [1.82, 2.24) is 0 Å². The Morgan fingerprint density at radius 2 is 1.72 bits per heavy atom. The van der Waals surface area contributed by atoms with Crippen molar-refractivity contribution in [3.8, 4) is 0 Å². The molecule has 7 heteroatoms. The predicted molar refractivity (Wildman–Crippen MR) is 58.6 cm³/mol. The van der Waals surface area contributed by atoms with Crippen molar-refractivity contribution in [2.24, 2.45) is 0 Å². The molecule has 2 fully saturated rings. The number of aliphatic hydroxyl groups is 3. The van der Waals surface area contributed by atoms with Gasteiger partial charge in [0.1, 0.15) is 12.2 Å². The highest BCUT2D eigenvalue weighted by Crippen LogP contribution is 2.29. The number of hydrogen-bond donors (Lipinski definition) is 3. The molecule has 0 aromatic heterocycles. The first-order valence-electron chi connectivity index (χ1n) is 6.06. The van der Waals surface area contributed by atoms with Gasteiger partial charge in [-0.05, 0) is 0 Å². The van der Waals surface area contributed by atoms with E-state index in [1.807, 2.05) is 0 Å². The summed E-state index contributed by atoms with van der Waals surface area (Å²) in [5.41, 5.74) is 0. The maximum Gasteiger partial charge on any atom is 0.161 e. The van der Waals surface area contributed by atoms with Gasteiger partial charge in [-0.1, -0.05) is 0 Å². The standard InChI is InChI=1S/C11H20O7/c1-15-10-3-7(9(5-13)18-10)16-11-2-6(14)8(4-12)17-11/h6-14H,2-5H2,1H3/t6-,7-,8+,9+,10?,11?/m0/s1. The van der Waals surface area contributed by atoms with E-state index in [0.29, 0.717) is 12.8 Å². The largest absolute Gasteiger partial charge is 0.394 e. The summed E-state index contributed by atoms with van der Waals surface area (Å²) >= 11 is 0. The highest BCUT2D eigenvalue weighted by Gasteiger charge is 2.41. The van der Waals surface area contributed by atoms with Crippen molar-refractivity contribution in [2.45, 2.75) is 49.8 Å². The highest BCUT2D eigenvalue weighted by atomic mass is 16.7. The van der Waals surface area contributed by atoms with Gasteiger partial charge in [-0.3, -0.25) is 0 Å². The Morgan fingerprint density at radius 1 is 1.06 bits per heavy atom. The van der Waals surface area contributed by atoms with Crippen LogP contribution in [0.2, 0.25) is 0 Å². The van der Waals surface area contributed by atoms with Gasteiger partial charge < -0.3 is 34.3 Å². The molecule has 2 heterocycles. The molecule has 106 valence electrons. The first kappa shape index (κ1) is 14.1. The Hall–Kier alpha value is -0.280. The molecule has 0 radical (unpaired) electrons. The normalized spacial score (nSPS) is 44.7. The molecular weight excluding hydrogens is 244 g/mol. The van der Waals surface area contributed by atoms with E-state index in [0.717, 1.165) is 0 Å². The van der Waals surface area contributed by atoms with Crippen molar-refractivity contribution < 1.29 is 34.3 Å². The third-order valence-electron chi connectivity index (χ3n) is 3.31. The number of hydrogen-bond acceptors (Lipinski definition) is 7. The van der Waals surface area contributed by atoms with E-state index >= 15 is 0 Å². The van der Waals surface area contributed by atoms with E-state index in [9.17, 15) is 10.2 Å². The zero-order chi connectivity index (χ0) is 13.1. The smallest absolute Gasteiger partial charge is 0.161 e. The van der Waals surface area contributed by atoms with Crippen LogP contribution in [0.4, 0.5) is 0 Å². The number of aliphatic hydroxyl groups excluding tert-OH is 3. The molecule has 0 saturated carbocycles. The molecule has 0 aromatic rings. The zero-order valence-electron chi connectivity index (χ0n) is 10.3. The van der Waals surface area contributed by atoms with Gasteiger partial charge in [0.2, 0.25) is 0 Å². The minimum absolute atomic E-state index is 0.163. The number of ether oxygens (including phenoxy) is 4. The molecule has 0 amide bonds.